The normalized spacial score (nSPS) is 20.3. The van der Waals surface area contributed by atoms with E-state index in [-0.39, 0.29) is 11.1 Å². The Bertz CT molecular complexity index is 710. The summed E-state index contributed by atoms with van der Waals surface area (Å²) in [7, 11) is -2.49. The van der Waals surface area contributed by atoms with Gasteiger partial charge in [-0.3, -0.25) is 0 Å². The van der Waals surface area contributed by atoms with Crippen molar-refractivity contribution in [1.82, 2.24) is 0 Å². The molecule has 0 aromatic heterocycles. The molecular weight excluding hydrogens is 360 g/mol. The molecule has 0 unspecified atom stereocenters. The second-order valence-corrected chi connectivity index (χ2v) is 13.0. The van der Waals surface area contributed by atoms with Crippen LogP contribution < -0.4 is 10.4 Å². The van der Waals surface area contributed by atoms with Crippen LogP contribution in [-0.2, 0) is 9.16 Å². The molecule has 150 valence electrons. The maximum absolute atomic E-state index is 7.22. The summed E-state index contributed by atoms with van der Waals surface area (Å²) < 4.78 is 12.9. The summed E-state index contributed by atoms with van der Waals surface area (Å²) in [6.07, 6.45) is 6.81. The van der Waals surface area contributed by atoms with Crippen LogP contribution in [0.5, 0.6) is 0 Å². The minimum Gasteiger partial charge on any atom is -0.401 e. The topological polar surface area (TPSA) is 18.5 Å². The molecule has 0 N–H and O–H groups in total. The quantitative estimate of drug-likeness (QED) is 0.489. The molecule has 0 amide bonds. The Labute approximate surface area is 171 Å². The number of allylic oxidation sites excluding steroid dienone is 1. The minimum absolute atomic E-state index is 0.0103. The zero-order chi connectivity index (χ0) is 20.0. The summed E-state index contributed by atoms with van der Waals surface area (Å²) in [5.41, 5.74) is 0. The summed E-state index contributed by atoms with van der Waals surface area (Å²) in [5.74, 6) is 0.535. The average Bonchev–Trinajstić information content (AvgIpc) is 2.71. The molecule has 1 aliphatic carbocycles. The molecule has 3 rings (SSSR count). The first-order valence-electron chi connectivity index (χ1n) is 10.5. The molecular formula is C25H34O2Si. The van der Waals surface area contributed by atoms with Gasteiger partial charge in [0.2, 0.25) is 0 Å². The lowest BCUT2D eigenvalue weighted by atomic mass is 9.93. The van der Waals surface area contributed by atoms with Crippen molar-refractivity contribution in [3.8, 4) is 0 Å². The van der Waals surface area contributed by atoms with Crippen molar-refractivity contribution >= 4 is 18.7 Å². The third kappa shape index (κ3) is 4.48. The molecule has 0 aliphatic heterocycles. The van der Waals surface area contributed by atoms with Gasteiger partial charge in [-0.1, -0.05) is 93.6 Å². The lowest BCUT2D eigenvalue weighted by molar-refractivity contribution is 0.0858. The molecule has 0 spiro atoms. The molecule has 0 heterocycles. The molecule has 28 heavy (non-hydrogen) atoms. The van der Waals surface area contributed by atoms with Gasteiger partial charge in [0.15, 0.2) is 0 Å². The van der Waals surface area contributed by atoms with Gasteiger partial charge < -0.3 is 9.16 Å². The lowest BCUT2D eigenvalue weighted by Crippen LogP contribution is -2.67. The van der Waals surface area contributed by atoms with Crippen LogP contribution in [0.2, 0.25) is 5.04 Å². The van der Waals surface area contributed by atoms with Crippen molar-refractivity contribution in [2.24, 2.45) is 5.92 Å². The maximum atomic E-state index is 7.22. The molecule has 0 fully saturated rings. The first-order chi connectivity index (χ1) is 13.5. The highest BCUT2D eigenvalue weighted by Crippen LogP contribution is 2.39. The van der Waals surface area contributed by atoms with Gasteiger partial charge in [-0.15, -0.1) is 0 Å². The van der Waals surface area contributed by atoms with E-state index in [1.165, 1.54) is 10.4 Å². The summed E-state index contributed by atoms with van der Waals surface area (Å²) in [6, 6.07) is 21.8. The Morgan fingerprint density at radius 1 is 0.929 bits per heavy atom. The van der Waals surface area contributed by atoms with Crippen molar-refractivity contribution in [2.45, 2.75) is 51.7 Å². The number of hydrogen-bond acceptors (Lipinski definition) is 2. The Hall–Kier alpha value is -1.68. The Morgan fingerprint density at radius 2 is 1.50 bits per heavy atom. The lowest BCUT2D eigenvalue weighted by Gasteiger charge is -2.45. The van der Waals surface area contributed by atoms with E-state index >= 15 is 0 Å². The monoisotopic (exact) mass is 394 g/mol. The smallest absolute Gasteiger partial charge is 0.261 e. The number of rotatable bonds is 7. The van der Waals surface area contributed by atoms with Crippen LogP contribution in [0.3, 0.4) is 0 Å². The van der Waals surface area contributed by atoms with Crippen LogP contribution in [0.25, 0.3) is 0 Å². The fourth-order valence-corrected chi connectivity index (χ4v) is 9.00. The molecule has 0 saturated carbocycles. The molecule has 2 aromatic rings. The third-order valence-corrected chi connectivity index (χ3v) is 10.7. The van der Waals surface area contributed by atoms with Gasteiger partial charge in [0, 0.05) is 13.2 Å². The van der Waals surface area contributed by atoms with Gasteiger partial charge in [0.25, 0.3) is 8.32 Å². The molecule has 3 heteroatoms. The van der Waals surface area contributed by atoms with E-state index in [1.54, 1.807) is 0 Å². The SMILES string of the molecule is CCOC[C@H]1CC=C[C@@H](O[Si](c2ccccc2)(c2ccccc2)C(C)(C)C)C1. The highest BCUT2D eigenvalue weighted by atomic mass is 28.4. The maximum Gasteiger partial charge on any atom is 0.261 e. The Balaban J connectivity index is 2.02. The van der Waals surface area contributed by atoms with E-state index < -0.39 is 8.32 Å². The molecule has 2 nitrogen and oxygen atoms in total. The van der Waals surface area contributed by atoms with E-state index in [9.17, 15) is 0 Å². The molecule has 0 saturated heterocycles. The zero-order valence-electron chi connectivity index (χ0n) is 17.7. The zero-order valence-corrected chi connectivity index (χ0v) is 18.7. The van der Waals surface area contributed by atoms with Crippen LogP contribution in [0, 0.1) is 5.92 Å². The van der Waals surface area contributed by atoms with Crippen molar-refractivity contribution in [3.05, 3.63) is 72.8 Å². The molecule has 1 aliphatic rings. The highest BCUT2D eigenvalue weighted by Gasteiger charge is 2.51. The van der Waals surface area contributed by atoms with Crippen molar-refractivity contribution in [3.63, 3.8) is 0 Å². The average molecular weight is 395 g/mol. The summed E-state index contributed by atoms with van der Waals surface area (Å²) >= 11 is 0. The summed E-state index contributed by atoms with van der Waals surface area (Å²) in [5, 5.41) is 2.69. The van der Waals surface area contributed by atoms with Crippen LogP contribution >= 0.6 is 0 Å². The van der Waals surface area contributed by atoms with Gasteiger partial charge in [0.05, 0.1) is 6.10 Å². The number of hydrogen-bond donors (Lipinski definition) is 0. The molecule has 2 aromatic carbocycles. The number of benzene rings is 2. The molecule has 0 radical (unpaired) electrons. The Kier molecular flexibility index (Phi) is 6.92. The first-order valence-corrected chi connectivity index (χ1v) is 12.4. The number of ether oxygens (including phenoxy) is 1. The van der Waals surface area contributed by atoms with Crippen molar-refractivity contribution in [2.75, 3.05) is 13.2 Å². The minimum atomic E-state index is -2.49. The summed E-state index contributed by atoms with van der Waals surface area (Å²) in [6.45, 7) is 10.7. The fourth-order valence-electron chi connectivity index (χ4n) is 4.35. The van der Waals surface area contributed by atoms with Crippen LogP contribution in [0.4, 0.5) is 0 Å². The van der Waals surface area contributed by atoms with E-state index in [0.29, 0.717) is 5.92 Å². The van der Waals surface area contributed by atoms with Crippen LogP contribution in [0.15, 0.2) is 72.8 Å². The van der Waals surface area contributed by atoms with Crippen LogP contribution in [-0.4, -0.2) is 27.6 Å². The molecule has 0 bridgehead atoms. The molecule has 2 atom stereocenters. The fraction of sp³-hybridized carbons (Fsp3) is 0.440. The third-order valence-electron chi connectivity index (χ3n) is 5.69. The van der Waals surface area contributed by atoms with Crippen molar-refractivity contribution in [1.29, 1.82) is 0 Å². The van der Waals surface area contributed by atoms with Crippen LogP contribution in [0.1, 0.15) is 40.5 Å². The van der Waals surface area contributed by atoms with Gasteiger partial charge in [-0.25, -0.2) is 0 Å². The predicted molar refractivity (Wildman–Crippen MR) is 121 cm³/mol. The van der Waals surface area contributed by atoms with E-state index in [1.807, 2.05) is 0 Å². The van der Waals surface area contributed by atoms with E-state index in [4.69, 9.17) is 9.16 Å². The second-order valence-electron chi connectivity index (χ2n) is 8.74. The standard InChI is InChI=1S/C25H34O2Si/c1-5-26-20-21-13-12-14-22(19-21)27-28(25(2,3)4,23-15-8-6-9-16-23)24-17-10-7-11-18-24/h6-12,14-18,21-22H,5,13,19-20H2,1-4H3/t21-,22+/m0/s1. The van der Waals surface area contributed by atoms with E-state index in [2.05, 4.69) is 101 Å². The predicted octanol–water partition coefficient (Wildman–Crippen LogP) is 4.93. The van der Waals surface area contributed by atoms with Crippen molar-refractivity contribution < 1.29 is 9.16 Å². The van der Waals surface area contributed by atoms with Gasteiger partial charge >= 0.3 is 0 Å². The van der Waals surface area contributed by atoms with Gasteiger partial charge in [-0.2, -0.15) is 0 Å². The van der Waals surface area contributed by atoms with E-state index in [0.717, 1.165) is 26.1 Å². The van der Waals surface area contributed by atoms with Gasteiger partial charge in [0.1, 0.15) is 0 Å². The first kappa shape index (κ1) is 21.0. The Morgan fingerprint density at radius 3 is 2.00 bits per heavy atom. The second kappa shape index (κ2) is 9.21. The largest absolute Gasteiger partial charge is 0.401 e. The van der Waals surface area contributed by atoms with Gasteiger partial charge in [-0.05, 0) is 41.1 Å². The highest BCUT2D eigenvalue weighted by molar-refractivity contribution is 6.99. The summed E-state index contributed by atoms with van der Waals surface area (Å²) in [4.78, 5) is 0.